The molecule has 5 heteroatoms. The predicted octanol–water partition coefficient (Wildman–Crippen LogP) is 3.07. The van der Waals surface area contributed by atoms with Crippen molar-refractivity contribution in [3.8, 4) is 0 Å². The van der Waals surface area contributed by atoms with Gasteiger partial charge in [-0.1, -0.05) is 19.3 Å². The third-order valence-electron chi connectivity index (χ3n) is 4.65. The van der Waals surface area contributed by atoms with Crippen LogP contribution in [0.2, 0.25) is 0 Å². The van der Waals surface area contributed by atoms with Crippen molar-refractivity contribution in [1.82, 2.24) is 4.90 Å². The lowest BCUT2D eigenvalue weighted by Crippen LogP contribution is -2.37. The summed E-state index contributed by atoms with van der Waals surface area (Å²) >= 11 is 0. The number of likely N-dealkylation sites (tertiary alicyclic amines) is 1. The van der Waals surface area contributed by atoms with E-state index in [9.17, 15) is 9.18 Å². The van der Waals surface area contributed by atoms with Crippen LogP contribution in [0, 0.1) is 5.82 Å². The van der Waals surface area contributed by atoms with E-state index in [1.165, 1.54) is 31.4 Å². The molecule has 0 spiro atoms. The van der Waals surface area contributed by atoms with Crippen LogP contribution in [0.4, 0.5) is 10.1 Å². The van der Waals surface area contributed by atoms with Crippen molar-refractivity contribution < 1.29 is 13.9 Å². The Morgan fingerprint density at radius 1 is 0.913 bits per heavy atom. The SMILES string of the molecule is O=C(c1cc(F)cc(N2CCOCC2)c1)N1CCCCCCC1. The highest BCUT2D eigenvalue weighted by molar-refractivity contribution is 5.95. The fourth-order valence-electron chi connectivity index (χ4n) is 3.33. The molecule has 23 heavy (non-hydrogen) atoms. The van der Waals surface area contributed by atoms with E-state index in [0.29, 0.717) is 18.8 Å². The maximum Gasteiger partial charge on any atom is 0.254 e. The van der Waals surface area contributed by atoms with E-state index < -0.39 is 0 Å². The minimum absolute atomic E-state index is 0.0408. The molecule has 2 heterocycles. The van der Waals surface area contributed by atoms with Gasteiger partial charge in [0.2, 0.25) is 0 Å². The molecule has 2 aliphatic heterocycles. The van der Waals surface area contributed by atoms with Crippen LogP contribution in [-0.2, 0) is 4.74 Å². The van der Waals surface area contributed by atoms with Gasteiger partial charge in [-0.15, -0.1) is 0 Å². The molecule has 0 bridgehead atoms. The van der Waals surface area contributed by atoms with Gasteiger partial charge in [-0.25, -0.2) is 4.39 Å². The standard InChI is InChI=1S/C18H25FN2O2/c19-16-12-15(13-17(14-16)20-8-10-23-11-9-20)18(22)21-6-4-2-1-3-5-7-21/h12-14H,1-11H2. The minimum atomic E-state index is -0.343. The second kappa shape index (κ2) is 7.77. The third-order valence-corrected chi connectivity index (χ3v) is 4.65. The second-order valence-corrected chi connectivity index (χ2v) is 6.36. The zero-order valence-corrected chi connectivity index (χ0v) is 13.6. The molecule has 0 radical (unpaired) electrons. The number of hydrogen-bond donors (Lipinski definition) is 0. The summed E-state index contributed by atoms with van der Waals surface area (Å²) in [7, 11) is 0. The Hall–Kier alpha value is -1.62. The van der Waals surface area contributed by atoms with Crippen LogP contribution in [0.25, 0.3) is 0 Å². The molecule has 0 atom stereocenters. The lowest BCUT2D eigenvalue weighted by Gasteiger charge is -2.30. The molecule has 3 rings (SSSR count). The number of hydrogen-bond acceptors (Lipinski definition) is 3. The molecule has 1 amide bonds. The van der Waals surface area contributed by atoms with Crippen molar-refractivity contribution in [2.45, 2.75) is 32.1 Å². The number of carbonyl (C=O) groups is 1. The van der Waals surface area contributed by atoms with Crippen molar-refractivity contribution in [1.29, 1.82) is 0 Å². The third kappa shape index (κ3) is 4.22. The monoisotopic (exact) mass is 320 g/mol. The smallest absolute Gasteiger partial charge is 0.254 e. The van der Waals surface area contributed by atoms with Crippen LogP contribution in [-0.4, -0.2) is 50.2 Å². The van der Waals surface area contributed by atoms with Gasteiger partial charge in [-0.2, -0.15) is 0 Å². The summed E-state index contributed by atoms with van der Waals surface area (Å²) in [5.41, 5.74) is 1.25. The molecule has 0 saturated carbocycles. The zero-order chi connectivity index (χ0) is 16.1. The first-order valence-electron chi connectivity index (χ1n) is 8.66. The Kier molecular flexibility index (Phi) is 5.49. The van der Waals surface area contributed by atoms with Crippen LogP contribution in [0.1, 0.15) is 42.5 Å². The number of amides is 1. The van der Waals surface area contributed by atoms with Gasteiger partial charge in [0.05, 0.1) is 13.2 Å². The highest BCUT2D eigenvalue weighted by Gasteiger charge is 2.20. The second-order valence-electron chi connectivity index (χ2n) is 6.36. The van der Waals surface area contributed by atoms with Crippen LogP contribution in [0.5, 0.6) is 0 Å². The maximum atomic E-state index is 14.0. The summed E-state index contributed by atoms with van der Waals surface area (Å²) in [6.45, 7) is 4.32. The van der Waals surface area contributed by atoms with E-state index in [4.69, 9.17) is 4.74 Å². The summed E-state index contributed by atoms with van der Waals surface area (Å²) in [6.07, 6.45) is 5.68. The van der Waals surface area contributed by atoms with Gasteiger partial charge in [-0.05, 0) is 31.0 Å². The van der Waals surface area contributed by atoms with Gasteiger partial charge >= 0.3 is 0 Å². The van der Waals surface area contributed by atoms with Crippen molar-refractivity contribution in [3.63, 3.8) is 0 Å². The number of carbonyl (C=O) groups excluding carboxylic acids is 1. The molecule has 2 saturated heterocycles. The fourth-order valence-corrected chi connectivity index (χ4v) is 3.33. The van der Waals surface area contributed by atoms with E-state index >= 15 is 0 Å². The summed E-state index contributed by atoms with van der Waals surface area (Å²) in [5.74, 6) is -0.384. The normalized spacial score (nSPS) is 20.0. The molecular weight excluding hydrogens is 295 g/mol. The average molecular weight is 320 g/mol. The molecule has 4 nitrogen and oxygen atoms in total. The number of nitrogens with zero attached hydrogens (tertiary/aromatic N) is 2. The molecule has 2 fully saturated rings. The van der Waals surface area contributed by atoms with Gasteiger partial charge in [0.25, 0.3) is 5.91 Å². The summed E-state index contributed by atoms with van der Waals surface area (Å²) in [6, 6.07) is 4.70. The Balaban J connectivity index is 1.77. The first-order chi connectivity index (χ1) is 11.2. The Labute approximate surface area is 137 Å². The lowest BCUT2D eigenvalue weighted by atomic mass is 10.1. The maximum absolute atomic E-state index is 14.0. The van der Waals surface area contributed by atoms with Crippen molar-refractivity contribution >= 4 is 11.6 Å². The molecule has 1 aromatic carbocycles. The Morgan fingerprint density at radius 3 is 2.26 bits per heavy atom. The molecular formula is C18H25FN2O2. The van der Waals surface area contributed by atoms with Gasteiger partial charge in [0, 0.05) is 37.4 Å². The van der Waals surface area contributed by atoms with Crippen LogP contribution in [0.15, 0.2) is 18.2 Å². The van der Waals surface area contributed by atoms with Gasteiger partial charge < -0.3 is 14.5 Å². The number of morpholine rings is 1. The van der Waals surface area contributed by atoms with Gasteiger partial charge in [0.1, 0.15) is 5.82 Å². The first kappa shape index (κ1) is 16.2. The molecule has 0 unspecified atom stereocenters. The minimum Gasteiger partial charge on any atom is -0.378 e. The Bertz CT molecular complexity index is 536. The molecule has 0 N–H and O–H groups in total. The molecule has 2 aliphatic rings. The molecule has 0 aliphatic carbocycles. The van der Waals surface area contributed by atoms with E-state index in [1.807, 2.05) is 11.0 Å². The van der Waals surface area contributed by atoms with E-state index in [2.05, 4.69) is 4.90 Å². The number of anilines is 1. The Morgan fingerprint density at radius 2 is 1.57 bits per heavy atom. The summed E-state index contributed by atoms with van der Waals surface area (Å²) < 4.78 is 19.4. The van der Waals surface area contributed by atoms with Gasteiger partial charge in [-0.3, -0.25) is 4.79 Å². The average Bonchev–Trinajstić information content (AvgIpc) is 2.54. The van der Waals surface area contributed by atoms with E-state index in [0.717, 1.165) is 44.7 Å². The summed E-state index contributed by atoms with van der Waals surface area (Å²) in [5, 5.41) is 0. The number of benzene rings is 1. The fraction of sp³-hybridized carbons (Fsp3) is 0.611. The first-order valence-corrected chi connectivity index (χ1v) is 8.66. The largest absolute Gasteiger partial charge is 0.378 e. The van der Waals surface area contributed by atoms with E-state index in [-0.39, 0.29) is 11.7 Å². The highest BCUT2D eigenvalue weighted by Crippen LogP contribution is 2.22. The quantitative estimate of drug-likeness (QED) is 0.839. The lowest BCUT2D eigenvalue weighted by molar-refractivity contribution is 0.0742. The zero-order valence-electron chi connectivity index (χ0n) is 13.6. The number of halogens is 1. The summed E-state index contributed by atoms with van der Waals surface area (Å²) in [4.78, 5) is 16.7. The van der Waals surface area contributed by atoms with Crippen LogP contribution >= 0.6 is 0 Å². The molecule has 1 aromatic rings. The molecule has 126 valence electrons. The topological polar surface area (TPSA) is 32.8 Å². The molecule has 0 aromatic heterocycles. The van der Waals surface area contributed by atoms with Crippen molar-refractivity contribution in [2.75, 3.05) is 44.3 Å². The van der Waals surface area contributed by atoms with Crippen LogP contribution in [0.3, 0.4) is 0 Å². The number of ether oxygens (including phenoxy) is 1. The predicted molar refractivity (Wildman–Crippen MR) is 88.4 cm³/mol. The number of rotatable bonds is 2. The van der Waals surface area contributed by atoms with Gasteiger partial charge in [0.15, 0.2) is 0 Å². The highest BCUT2D eigenvalue weighted by atomic mass is 19.1. The van der Waals surface area contributed by atoms with Crippen LogP contribution < -0.4 is 4.90 Å². The van der Waals surface area contributed by atoms with Crippen molar-refractivity contribution in [2.24, 2.45) is 0 Å². The van der Waals surface area contributed by atoms with E-state index in [1.54, 1.807) is 0 Å². The van der Waals surface area contributed by atoms with Crippen molar-refractivity contribution in [3.05, 3.63) is 29.6 Å².